The topological polar surface area (TPSA) is 56.7 Å². The van der Waals surface area contributed by atoms with Gasteiger partial charge in [-0.15, -0.1) is 0 Å². The minimum Gasteiger partial charge on any atom is -0.456 e. The summed E-state index contributed by atoms with van der Waals surface area (Å²) in [4.78, 5) is 14.9. The van der Waals surface area contributed by atoms with E-state index < -0.39 is 54.4 Å². The predicted octanol–water partition coefficient (Wildman–Crippen LogP) is 11.0. The summed E-state index contributed by atoms with van der Waals surface area (Å²) in [6.45, 7) is 0. The van der Waals surface area contributed by atoms with Crippen molar-refractivity contribution in [2.75, 3.05) is 0 Å². The van der Waals surface area contributed by atoms with Gasteiger partial charge in [-0.3, -0.25) is 0 Å². The van der Waals surface area contributed by atoms with Crippen LogP contribution < -0.4 is 0 Å². The first-order valence-electron chi connectivity index (χ1n) is 20.2. The Morgan fingerprint density at radius 2 is 1.15 bits per heavy atom. The summed E-state index contributed by atoms with van der Waals surface area (Å²) < 4.78 is 96.9. The van der Waals surface area contributed by atoms with E-state index in [4.69, 9.17) is 29.0 Å². The largest absolute Gasteiger partial charge is 0.456 e. The summed E-state index contributed by atoms with van der Waals surface area (Å²) in [6, 6.07) is 24.8. The molecule has 5 heteroatoms. The molecule has 0 aliphatic heterocycles. The lowest BCUT2D eigenvalue weighted by molar-refractivity contribution is 0.668. The molecule has 0 aliphatic carbocycles. The molecule has 0 fully saturated rings. The van der Waals surface area contributed by atoms with E-state index in [1.54, 1.807) is 12.1 Å². The molecule has 0 saturated heterocycles. The highest BCUT2D eigenvalue weighted by Gasteiger charge is 2.21. The van der Waals surface area contributed by atoms with Crippen LogP contribution >= 0.6 is 0 Å². The molecule has 48 heavy (non-hydrogen) atoms. The lowest BCUT2D eigenvalue weighted by atomic mass is 10.0. The zero-order chi connectivity index (χ0) is 40.3. The van der Waals surface area contributed by atoms with Gasteiger partial charge in [-0.2, -0.15) is 0 Å². The summed E-state index contributed by atoms with van der Waals surface area (Å²) in [6.07, 6.45) is 0. The van der Waals surface area contributed by atoms with Gasteiger partial charge < -0.3 is 8.98 Å². The second-order valence-corrected chi connectivity index (χ2v) is 11.3. The van der Waals surface area contributed by atoms with Crippen molar-refractivity contribution in [2.24, 2.45) is 0 Å². The first-order valence-corrected chi connectivity index (χ1v) is 15.2. The van der Waals surface area contributed by atoms with Gasteiger partial charge in [0.1, 0.15) is 11.2 Å². The van der Waals surface area contributed by atoms with Crippen LogP contribution in [0.15, 0.2) is 162 Å². The van der Waals surface area contributed by atoms with E-state index in [0.29, 0.717) is 33.8 Å². The molecule has 0 N–H and O–H groups in total. The quantitative estimate of drug-likeness (QED) is 0.195. The van der Waals surface area contributed by atoms with Crippen LogP contribution in [0.4, 0.5) is 0 Å². The van der Waals surface area contributed by atoms with Crippen molar-refractivity contribution < 1.29 is 18.1 Å². The second kappa shape index (κ2) is 10.5. The highest BCUT2D eigenvalue weighted by Crippen LogP contribution is 2.41. The highest BCUT2D eigenvalue weighted by atomic mass is 16.3. The van der Waals surface area contributed by atoms with E-state index in [1.165, 1.54) is 4.57 Å². The average Bonchev–Trinajstić information content (AvgIpc) is 3.82. The zero-order valence-corrected chi connectivity index (χ0v) is 24.9. The van der Waals surface area contributed by atoms with Gasteiger partial charge in [-0.05, 0) is 41.0 Å². The maximum atomic E-state index is 9.60. The van der Waals surface area contributed by atoms with Crippen molar-refractivity contribution in [1.29, 1.82) is 0 Å². The van der Waals surface area contributed by atoms with Crippen LogP contribution in [0.2, 0.25) is 0 Å². The Labute approximate surface area is 289 Å². The number of furan rings is 1. The first kappa shape index (κ1) is 18.5. The van der Waals surface area contributed by atoms with Crippen LogP contribution in [0.25, 0.3) is 94.4 Å². The summed E-state index contributed by atoms with van der Waals surface area (Å²) in [5.41, 5.74) is 3.05. The first-order chi connectivity index (χ1) is 28.0. The number of para-hydroxylation sites is 2. The third kappa shape index (κ3) is 4.15. The minimum absolute atomic E-state index is 0.0449. The molecule has 0 atom stereocenters. The standard InChI is InChI=1S/C43H26N4O/c1-3-13-27(14-4-1)41-44-42(28-15-5-2-6-16-28)46-43(45-41)35-25-31(26-39-40(35)33-20-10-12-22-38(33)48-39)47-36-21-11-9-19-32(36)34-23-29-17-7-8-18-30(29)24-37(34)47/h1-26H/i7D,8D,9D,11D,17D,18D,19D,21D,23D,24D. The molecule has 3 heterocycles. The van der Waals surface area contributed by atoms with Gasteiger partial charge in [-0.1, -0.05) is 121 Å². The Hall–Kier alpha value is -6.59. The van der Waals surface area contributed by atoms with Crippen molar-refractivity contribution in [3.8, 4) is 39.9 Å². The summed E-state index contributed by atoms with van der Waals surface area (Å²) in [7, 11) is 0. The van der Waals surface area contributed by atoms with E-state index in [0.717, 1.165) is 16.5 Å². The third-order valence-electron chi connectivity index (χ3n) is 8.44. The fourth-order valence-electron chi connectivity index (χ4n) is 6.31. The van der Waals surface area contributed by atoms with Crippen LogP contribution in [0, 0.1) is 0 Å². The molecule has 0 aliphatic rings. The number of hydrogen-bond acceptors (Lipinski definition) is 4. The average molecular weight is 625 g/mol. The van der Waals surface area contributed by atoms with Gasteiger partial charge in [0.25, 0.3) is 0 Å². The third-order valence-corrected chi connectivity index (χ3v) is 8.44. The van der Waals surface area contributed by atoms with Gasteiger partial charge in [-0.25, -0.2) is 15.0 Å². The van der Waals surface area contributed by atoms with E-state index in [2.05, 4.69) is 0 Å². The number of rotatable bonds is 4. The Balaban J connectivity index is 1.41. The summed E-state index contributed by atoms with van der Waals surface area (Å²) >= 11 is 0. The smallest absolute Gasteiger partial charge is 0.164 e. The van der Waals surface area contributed by atoms with Gasteiger partial charge in [0.15, 0.2) is 17.5 Å². The monoisotopic (exact) mass is 624 g/mol. The maximum absolute atomic E-state index is 9.60. The van der Waals surface area contributed by atoms with Crippen molar-refractivity contribution >= 4 is 54.5 Å². The van der Waals surface area contributed by atoms with Crippen molar-refractivity contribution in [1.82, 2.24) is 19.5 Å². The van der Waals surface area contributed by atoms with Crippen molar-refractivity contribution in [2.45, 2.75) is 0 Å². The molecule has 224 valence electrons. The number of hydrogen-bond donors (Lipinski definition) is 0. The van der Waals surface area contributed by atoms with Gasteiger partial charge in [0.2, 0.25) is 0 Å². The van der Waals surface area contributed by atoms with Crippen molar-refractivity contribution in [3.05, 3.63) is 157 Å². The van der Waals surface area contributed by atoms with Gasteiger partial charge >= 0.3 is 0 Å². The second-order valence-electron chi connectivity index (χ2n) is 11.3. The normalized spacial score (nSPS) is 14.7. The molecule has 5 nitrogen and oxygen atoms in total. The molecule has 3 aromatic heterocycles. The highest BCUT2D eigenvalue weighted by molar-refractivity contribution is 6.15. The van der Waals surface area contributed by atoms with Crippen LogP contribution in [0.3, 0.4) is 0 Å². The molecular formula is C43H26N4O. The van der Waals surface area contributed by atoms with E-state index in [1.807, 2.05) is 84.9 Å². The minimum atomic E-state index is -0.586. The predicted molar refractivity (Wildman–Crippen MR) is 195 cm³/mol. The molecule has 0 unspecified atom stereocenters. The Kier molecular flexibility index (Phi) is 4.04. The maximum Gasteiger partial charge on any atom is 0.164 e. The number of aromatic nitrogens is 4. The summed E-state index contributed by atoms with van der Waals surface area (Å²) in [5, 5.41) is 0.827. The number of benzene rings is 7. The Bertz CT molecular complexity index is 3350. The van der Waals surface area contributed by atoms with E-state index >= 15 is 0 Å². The molecular weight excluding hydrogens is 589 g/mol. The zero-order valence-electron chi connectivity index (χ0n) is 34.9. The Morgan fingerprint density at radius 1 is 0.521 bits per heavy atom. The molecule has 0 spiro atoms. The molecule has 0 amide bonds. The summed E-state index contributed by atoms with van der Waals surface area (Å²) in [5.74, 6) is 1.06. The van der Waals surface area contributed by atoms with Gasteiger partial charge in [0, 0.05) is 44.3 Å². The molecule has 7 aromatic carbocycles. The van der Waals surface area contributed by atoms with Crippen LogP contribution in [-0.4, -0.2) is 19.5 Å². The van der Waals surface area contributed by atoms with Crippen LogP contribution in [-0.2, 0) is 0 Å². The lowest BCUT2D eigenvalue weighted by Gasteiger charge is -2.13. The van der Waals surface area contributed by atoms with Crippen LogP contribution in [0.5, 0.6) is 0 Å². The molecule has 10 aromatic rings. The fourth-order valence-corrected chi connectivity index (χ4v) is 6.31. The van der Waals surface area contributed by atoms with E-state index in [-0.39, 0.29) is 50.1 Å². The molecule has 0 radical (unpaired) electrons. The van der Waals surface area contributed by atoms with Gasteiger partial charge in [0.05, 0.1) is 30.4 Å². The molecule has 10 rings (SSSR count). The Morgan fingerprint density at radius 3 is 1.90 bits per heavy atom. The molecule has 0 bridgehead atoms. The fraction of sp³-hybridized carbons (Fsp3) is 0. The van der Waals surface area contributed by atoms with E-state index in [9.17, 15) is 4.11 Å². The number of fused-ring (bicyclic) bond motifs is 7. The lowest BCUT2D eigenvalue weighted by Crippen LogP contribution is -2.01. The number of nitrogens with zero attached hydrogens (tertiary/aromatic N) is 4. The molecule has 0 saturated carbocycles. The van der Waals surface area contributed by atoms with Crippen LogP contribution in [0.1, 0.15) is 13.7 Å². The SMILES string of the molecule is [2H]c1c([2H])c([2H])c2c([2H])c3c(c([2H])c2c1[2H])c1c([2H])c([2H])c([2H])c([2H])c1n3-c1cc(-c2nc(-c3ccccc3)nc(-c3ccccc3)n2)c2c(c1)oc1ccccc12. The van der Waals surface area contributed by atoms with Crippen molar-refractivity contribution in [3.63, 3.8) is 0 Å².